The van der Waals surface area contributed by atoms with Crippen LogP contribution in [0.1, 0.15) is 24.8 Å². The summed E-state index contributed by atoms with van der Waals surface area (Å²) in [5.74, 6) is 0. The molecule has 1 fully saturated rings. The first-order valence-corrected chi connectivity index (χ1v) is 8.12. The number of alkyl carbamates (subject to hydrolysis) is 1. The van der Waals surface area contributed by atoms with E-state index < -0.39 is 0 Å². The summed E-state index contributed by atoms with van der Waals surface area (Å²) in [4.78, 5) is 14.3. The topological polar surface area (TPSA) is 53.6 Å². The number of hydrogen-bond acceptors (Lipinski definition) is 4. The zero-order valence-corrected chi connectivity index (χ0v) is 13.4. The zero-order valence-electron chi connectivity index (χ0n) is 13.4. The van der Waals surface area contributed by atoms with Crippen LogP contribution in [-0.2, 0) is 11.3 Å². The minimum absolute atomic E-state index is 0.240. The molecule has 1 aromatic carbocycles. The lowest BCUT2D eigenvalue weighted by atomic mass is 10.1. The number of carbonyl (C=O) groups is 1. The quantitative estimate of drug-likeness (QED) is 0.757. The molecule has 0 aromatic heterocycles. The fraction of sp³-hybridized carbons (Fsp3) is 0.588. The van der Waals surface area contributed by atoms with Gasteiger partial charge in [0.2, 0.25) is 0 Å². The summed E-state index contributed by atoms with van der Waals surface area (Å²) in [5, 5.41) is 6.15. The number of amides is 1. The summed E-state index contributed by atoms with van der Waals surface area (Å²) < 4.78 is 5.27. The molecule has 0 unspecified atom stereocenters. The molecule has 122 valence electrons. The molecule has 2 rings (SSSR count). The second-order valence-electron chi connectivity index (χ2n) is 5.78. The Kier molecular flexibility index (Phi) is 7.19. The summed E-state index contributed by atoms with van der Waals surface area (Å²) in [6, 6.07) is 9.99. The Balaban J connectivity index is 1.60. The van der Waals surface area contributed by atoms with E-state index in [1.165, 1.54) is 6.42 Å². The van der Waals surface area contributed by atoms with Crippen LogP contribution in [0.15, 0.2) is 30.3 Å². The summed E-state index contributed by atoms with van der Waals surface area (Å²) in [7, 11) is 1.98. The Morgan fingerprint density at radius 3 is 2.68 bits per heavy atom. The molecular formula is C17H27N3O2. The maximum Gasteiger partial charge on any atom is 0.407 e. The Morgan fingerprint density at radius 2 is 2.00 bits per heavy atom. The van der Waals surface area contributed by atoms with Crippen LogP contribution in [0, 0.1) is 0 Å². The molecule has 0 spiro atoms. The van der Waals surface area contributed by atoms with Crippen LogP contribution in [0.2, 0.25) is 0 Å². The Morgan fingerprint density at radius 1 is 1.27 bits per heavy atom. The summed E-state index contributed by atoms with van der Waals surface area (Å²) in [5.41, 5.74) is 1.01. The molecule has 5 heteroatoms. The maximum atomic E-state index is 11.8. The number of likely N-dealkylation sites (tertiary alicyclic amines) is 1. The van der Waals surface area contributed by atoms with Crippen molar-refractivity contribution in [3.05, 3.63) is 35.9 Å². The van der Waals surface area contributed by atoms with E-state index in [9.17, 15) is 4.79 Å². The van der Waals surface area contributed by atoms with Gasteiger partial charge in [-0.2, -0.15) is 0 Å². The van der Waals surface area contributed by atoms with Gasteiger partial charge in [0.05, 0.1) is 0 Å². The molecule has 1 amide bonds. The van der Waals surface area contributed by atoms with Crippen LogP contribution in [-0.4, -0.2) is 50.3 Å². The van der Waals surface area contributed by atoms with Gasteiger partial charge in [-0.05, 0) is 45.0 Å². The molecule has 1 heterocycles. The number of piperidine rings is 1. The second kappa shape index (κ2) is 9.43. The highest BCUT2D eigenvalue weighted by molar-refractivity contribution is 5.67. The normalized spacial score (nSPS) is 16.4. The Bertz CT molecular complexity index is 431. The number of nitrogens with one attached hydrogen (secondary N) is 2. The van der Waals surface area contributed by atoms with Crippen molar-refractivity contribution in [3.63, 3.8) is 0 Å². The van der Waals surface area contributed by atoms with Crippen molar-refractivity contribution in [1.29, 1.82) is 0 Å². The van der Waals surface area contributed by atoms with Crippen molar-refractivity contribution >= 4 is 6.09 Å². The molecule has 2 N–H and O–H groups in total. The third-order valence-electron chi connectivity index (χ3n) is 4.02. The van der Waals surface area contributed by atoms with Crippen molar-refractivity contribution in [2.75, 3.05) is 33.2 Å². The molecule has 0 atom stereocenters. The van der Waals surface area contributed by atoms with Crippen molar-refractivity contribution in [2.24, 2.45) is 0 Å². The van der Waals surface area contributed by atoms with Gasteiger partial charge in [-0.3, -0.25) is 0 Å². The first-order valence-electron chi connectivity index (χ1n) is 8.12. The summed E-state index contributed by atoms with van der Waals surface area (Å²) in [6.45, 7) is 4.62. The lowest BCUT2D eigenvalue weighted by Crippen LogP contribution is -2.45. The molecule has 5 nitrogen and oxygen atoms in total. The van der Waals surface area contributed by atoms with Gasteiger partial charge in [0.25, 0.3) is 0 Å². The molecule has 0 bridgehead atoms. The molecule has 1 saturated heterocycles. The number of hydrogen-bond donors (Lipinski definition) is 2. The first-order chi connectivity index (χ1) is 10.8. The third kappa shape index (κ3) is 6.03. The van der Waals surface area contributed by atoms with Gasteiger partial charge in [0.15, 0.2) is 0 Å². The largest absolute Gasteiger partial charge is 0.445 e. The smallest absolute Gasteiger partial charge is 0.407 e. The third-order valence-corrected chi connectivity index (χ3v) is 4.02. The minimum Gasteiger partial charge on any atom is -0.445 e. The molecule has 1 aromatic rings. The monoisotopic (exact) mass is 305 g/mol. The lowest BCUT2D eigenvalue weighted by molar-refractivity contribution is 0.126. The van der Waals surface area contributed by atoms with Crippen molar-refractivity contribution in [2.45, 2.75) is 31.9 Å². The predicted molar refractivity (Wildman–Crippen MR) is 87.8 cm³/mol. The number of nitrogens with zero attached hydrogens (tertiary/aromatic N) is 1. The van der Waals surface area contributed by atoms with Gasteiger partial charge < -0.3 is 20.3 Å². The molecule has 22 heavy (non-hydrogen) atoms. The van der Waals surface area contributed by atoms with Gasteiger partial charge in [0, 0.05) is 19.1 Å². The molecule has 0 radical (unpaired) electrons. The van der Waals surface area contributed by atoms with Crippen LogP contribution in [0.3, 0.4) is 0 Å². The van der Waals surface area contributed by atoms with Gasteiger partial charge in [-0.1, -0.05) is 30.3 Å². The Hall–Kier alpha value is -1.59. The highest BCUT2D eigenvalue weighted by atomic mass is 16.5. The number of rotatable bonds is 7. The Labute approximate surface area is 133 Å². The van der Waals surface area contributed by atoms with Gasteiger partial charge in [0.1, 0.15) is 6.61 Å². The van der Waals surface area contributed by atoms with E-state index in [0.717, 1.165) is 44.6 Å². The minimum atomic E-state index is -0.308. The number of benzene rings is 1. The van der Waals surface area contributed by atoms with Crippen LogP contribution >= 0.6 is 0 Å². The molecule has 1 aliphatic heterocycles. The number of ether oxygens (including phenoxy) is 1. The first kappa shape index (κ1) is 16.8. The van der Waals surface area contributed by atoms with Gasteiger partial charge in [-0.25, -0.2) is 4.79 Å². The van der Waals surface area contributed by atoms with E-state index in [-0.39, 0.29) is 12.1 Å². The average molecular weight is 305 g/mol. The van der Waals surface area contributed by atoms with Crippen LogP contribution in [0.4, 0.5) is 4.79 Å². The lowest BCUT2D eigenvalue weighted by Gasteiger charge is -2.32. The van der Waals surface area contributed by atoms with Gasteiger partial charge >= 0.3 is 6.09 Å². The summed E-state index contributed by atoms with van der Waals surface area (Å²) in [6.07, 6.45) is 2.87. The molecule has 0 saturated carbocycles. The molecular weight excluding hydrogens is 278 g/mol. The van der Waals surface area contributed by atoms with E-state index in [1.54, 1.807) is 0 Å². The maximum absolute atomic E-state index is 11.8. The average Bonchev–Trinajstić information content (AvgIpc) is 2.56. The van der Waals surface area contributed by atoms with E-state index in [0.29, 0.717) is 6.61 Å². The van der Waals surface area contributed by atoms with E-state index >= 15 is 0 Å². The highest BCUT2D eigenvalue weighted by Crippen LogP contribution is 2.11. The van der Waals surface area contributed by atoms with E-state index in [4.69, 9.17) is 4.74 Å². The van der Waals surface area contributed by atoms with Gasteiger partial charge in [-0.15, -0.1) is 0 Å². The molecule has 1 aliphatic rings. The second-order valence-corrected chi connectivity index (χ2v) is 5.78. The van der Waals surface area contributed by atoms with E-state index in [2.05, 4.69) is 15.5 Å². The predicted octanol–water partition coefficient (Wildman–Crippen LogP) is 1.99. The number of carbonyl (C=O) groups excluding carboxylic acids is 1. The fourth-order valence-electron chi connectivity index (χ4n) is 2.71. The van der Waals surface area contributed by atoms with Crippen LogP contribution < -0.4 is 10.6 Å². The van der Waals surface area contributed by atoms with Crippen LogP contribution in [0.25, 0.3) is 0 Å². The van der Waals surface area contributed by atoms with Crippen molar-refractivity contribution < 1.29 is 9.53 Å². The molecule has 0 aliphatic carbocycles. The van der Waals surface area contributed by atoms with Crippen molar-refractivity contribution in [1.82, 2.24) is 15.5 Å². The zero-order chi connectivity index (χ0) is 15.6. The fourth-order valence-corrected chi connectivity index (χ4v) is 2.71. The standard InChI is InChI=1S/C17H27N3O2/c1-18-10-5-11-20-12-8-16(9-13-20)19-17(21)22-14-15-6-3-2-4-7-15/h2-4,6-7,16,18H,5,8-14H2,1H3,(H,19,21). The van der Waals surface area contributed by atoms with Crippen LogP contribution in [0.5, 0.6) is 0 Å². The highest BCUT2D eigenvalue weighted by Gasteiger charge is 2.20. The van der Waals surface area contributed by atoms with Crippen molar-refractivity contribution in [3.8, 4) is 0 Å². The summed E-state index contributed by atoms with van der Waals surface area (Å²) >= 11 is 0. The van der Waals surface area contributed by atoms with E-state index in [1.807, 2.05) is 37.4 Å². The SMILES string of the molecule is CNCCCN1CCC(NC(=O)OCc2ccccc2)CC1.